The van der Waals surface area contributed by atoms with Crippen LogP contribution in [0.1, 0.15) is 45.0 Å². The molecule has 11 nitrogen and oxygen atoms in total. The van der Waals surface area contributed by atoms with E-state index in [1.807, 2.05) is 121 Å². The number of nitrogens with two attached hydrogens (primary N) is 1. The molecule has 4 rings (SSSR count). The summed E-state index contributed by atoms with van der Waals surface area (Å²) < 4.78 is 0. The summed E-state index contributed by atoms with van der Waals surface area (Å²) in [6.45, 7) is 2.06. The van der Waals surface area contributed by atoms with Crippen molar-refractivity contribution >= 4 is 240 Å². The number of aliphatic carboxylic acids is 4. The average Bonchev–Trinajstić information content (AvgIpc) is 3.22. The molecule has 30 heteroatoms. The Morgan fingerprint density at radius 3 is 1.00 bits per heavy atom. The fourth-order valence-electron chi connectivity index (χ4n) is 3.98. The number of halogens is 10. The summed E-state index contributed by atoms with van der Waals surface area (Å²) in [6.07, 6.45) is 1.81. The zero-order valence-electron chi connectivity index (χ0n) is 39.8. The van der Waals surface area contributed by atoms with Gasteiger partial charge >= 0.3 is 349 Å². The van der Waals surface area contributed by atoms with E-state index >= 15 is 0 Å². The Kier molecular flexibility index (Phi) is 101. The van der Waals surface area contributed by atoms with Crippen LogP contribution in [0.2, 0.25) is 0 Å². The molecule has 392 valence electrons. The SMILES string of the molecule is C.CC(=O)S[C@@H](Cc1ccccc1)C(=O)O.CC(=O)[S-].N[C@@H](Cc1ccccc1)C(=O)O.O=C(O)[C@@H](Br)Cc1ccccc1.O=C(O)[C@H](Br)Cc1ccccc1.[2H-].[Br-].[CH3-].[I][V]([I])[I].[I][V][I].[K+].[K+].[K+].[S]=[V]([I])[I]. The number of benzene rings is 4. The molecule has 4 aromatic carbocycles. The van der Waals surface area contributed by atoms with Crippen LogP contribution in [-0.4, -0.2) is 75.5 Å². The molecule has 0 aliphatic heterocycles. The molecule has 72 heavy (non-hydrogen) atoms. The number of hydrogen-bond acceptors (Lipinski definition) is 10. The Morgan fingerprint density at radius 2 is 0.819 bits per heavy atom. The summed E-state index contributed by atoms with van der Waals surface area (Å²) in [5, 5.41) is 33.5. The summed E-state index contributed by atoms with van der Waals surface area (Å²) in [5.74, 6) is -3.55. The zero-order valence-corrected chi connectivity index (χ0v) is 74.7. The third-order valence-electron chi connectivity index (χ3n) is 6.51. The van der Waals surface area contributed by atoms with E-state index < -0.39 is 51.5 Å². The first-order valence-corrected chi connectivity index (χ1v) is 54.5. The first-order valence-electron chi connectivity index (χ1n) is 17.7. The van der Waals surface area contributed by atoms with E-state index in [0.29, 0.717) is 35.1 Å². The quantitative estimate of drug-likeness (QED) is 0.0429. The molecule has 0 amide bonds. The maximum absolute atomic E-state index is 10.9. The van der Waals surface area contributed by atoms with E-state index in [4.69, 9.17) is 36.4 Å². The van der Waals surface area contributed by atoms with Gasteiger partial charge in [-0.2, -0.15) is 0 Å². The Hall–Kier alpha value is 8.06. The molecule has 0 radical (unpaired) electrons. The minimum absolute atomic E-state index is 0. The molecule has 0 fully saturated rings. The van der Waals surface area contributed by atoms with Crippen molar-refractivity contribution in [2.45, 2.75) is 67.9 Å². The first-order chi connectivity index (χ1) is 30.8. The molecule has 4 aromatic rings. The number of carbonyl (C=O) groups is 6. The molecule has 6 N–H and O–H groups in total. The van der Waals surface area contributed by atoms with Crippen LogP contribution in [0, 0.1) is 7.43 Å². The summed E-state index contributed by atoms with van der Waals surface area (Å²) in [5.41, 5.74) is 9.29. The number of rotatable bonds is 13. The van der Waals surface area contributed by atoms with E-state index in [0.717, 1.165) is 34.0 Å². The summed E-state index contributed by atoms with van der Waals surface area (Å²) in [4.78, 5) is 61.0. The van der Waals surface area contributed by atoms with Gasteiger partial charge in [-0.25, -0.2) is 0 Å². The topological polar surface area (TPSA) is 209 Å². The summed E-state index contributed by atoms with van der Waals surface area (Å²) >= 11 is 27.7. The van der Waals surface area contributed by atoms with Crippen LogP contribution in [0.5, 0.6) is 0 Å². The Labute approximate surface area is 690 Å². The predicted octanol–water partition coefficient (Wildman–Crippen LogP) is 2.89. The first kappa shape index (κ1) is 102. The Bertz CT molecular complexity index is 1810. The van der Waals surface area contributed by atoms with Crippen LogP contribution in [-0.2, 0) is 88.1 Å². The fraction of sp³-hybridized carbons (Fsp3) is 0.262. The van der Waals surface area contributed by atoms with E-state index in [-0.39, 0.29) is 203 Å². The second-order valence-corrected chi connectivity index (χ2v) is 86.1. The Morgan fingerprint density at radius 1 is 0.611 bits per heavy atom. The molecular formula is C42H52Br3I7K3NO10S3V3-. The van der Waals surface area contributed by atoms with Gasteiger partial charge in [0.2, 0.25) is 0 Å². The van der Waals surface area contributed by atoms with E-state index in [1.54, 1.807) is 0 Å². The molecule has 0 aliphatic carbocycles. The van der Waals surface area contributed by atoms with E-state index in [1.165, 1.54) is 13.8 Å². The average molecular weight is 2230 g/mol. The number of alkyl halides is 2. The van der Waals surface area contributed by atoms with Crippen molar-refractivity contribution in [3.05, 3.63) is 151 Å². The normalized spacial score (nSPS) is 10.1. The second-order valence-electron chi connectivity index (χ2n) is 11.7. The van der Waals surface area contributed by atoms with Crippen LogP contribution in [0.25, 0.3) is 0 Å². The van der Waals surface area contributed by atoms with Crippen LogP contribution in [0.15, 0.2) is 121 Å². The minimum atomic E-state index is -0.959. The molecule has 0 bridgehead atoms. The van der Waals surface area contributed by atoms with Gasteiger partial charge in [0, 0.05) is 12.0 Å². The van der Waals surface area contributed by atoms with Crippen molar-refractivity contribution in [1.29, 1.82) is 0 Å². The number of carboxylic acid groups (broad SMARTS) is 4. The van der Waals surface area contributed by atoms with Crippen molar-refractivity contribution < 1.29 is 243 Å². The molecule has 4 atom stereocenters. The third-order valence-corrected chi connectivity index (χ3v) is 8.93. The van der Waals surface area contributed by atoms with Gasteiger partial charge in [-0.1, -0.05) is 172 Å². The maximum atomic E-state index is 10.9. The van der Waals surface area contributed by atoms with Gasteiger partial charge in [0.25, 0.3) is 0 Å². The summed E-state index contributed by atoms with van der Waals surface area (Å²) in [7, 11) is 5.37. The zero-order chi connectivity index (χ0) is 51.6. The fourth-order valence-corrected chi connectivity index (χ4v) is 5.50. The van der Waals surface area contributed by atoms with Crippen LogP contribution < -0.4 is 177 Å². The molecule has 0 saturated carbocycles. The molecule has 0 unspecified atom stereocenters. The van der Waals surface area contributed by atoms with Gasteiger partial charge in [-0.15, -0.1) is 0 Å². The van der Waals surface area contributed by atoms with Crippen LogP contribution >= 0.6 is 194 Å². The number of carboxylic acids is 4. The number of hydrogen-bond donors (Lipinski definition) is 5. The number of carbonyl (C=O) groups excluding carboxylic acids is 2. The van der Waals surface area contributed by atoms with Crippen LogP contribution in [0.4, 0.5) is 0 Å². The van der Waals surface area contributed by atoms with E-state index in [2.05, 4.69) is 184 Å². The van der Waals surface area contributed by atoms with E-state index in [9.17, 15) is 28.8 Å². The number of thioether (sulfide) groups is 1. The van der Waals surface area contributed by atoms with Gasteiger partial charge in [0.1, 0.15) is 20.9 Å². The van der Waals surface area contributed by atoms with Crippen molar-refractivity contribution in [2.24, 2.45) is 5.73 Å². The molecule has 0 saturated heterocycles. The van der Waals surface area contributed by atoms with Gasteiger partial charge < -0.3 is 69.4 Å². The molecule has 0 spiro atoms. The molecule has 0 aliphatic rings. The monoisotopic (exact) mass is 2220 g/mol. The third kappa shape index (κ3) is 80.1. The second kappa shape index (κ2) is 71.5. The van der Waals surface area contributed by atoms with Gasteiger partial charge in [-0.05, 0) is 54.9 Å². The van der Waals surface area contributed by atoms with Crippen molar-refractivity contribution in [3.63, 3.8) is 0 Å². The standard InChI is InChI=1S/C11H12O3S.2C9H9BrO2.C9H11NO2.C2H4OS.CH4.CH3.BrH.7HI.3K.S.3V.H/c1-8(12)15-10(11(13)14)7-9-5-3-2-4-6-9;3*10-8(9(11)12)6-7-4-2-1-3-5-7;1-2(3)4;;;;;;;;;;;;;;;;;;/h2-6,10H,7H2,1H3,(H,13,14);2*1-5,8H,6H2,(H,11,12);1-5,8H,6,10H2,(H,11,12);1H3,(H,3,4);1H4;1H3;8*1H;;;;;;;;/q;;;;;;-1;;;;;;;;;3*+1;;2*+2;+3;-1/p-9/t10-;3*8-;;;;;;;;;;;;;;;;;;;/m0100.................../s1/i;;;;;;;;;;;;;;;;;;;;;;1+1. The van der Waals surface area contributed by atoms with Gasteiger partial charge in [-0.3, -0.25) is 24.0 Å². The molecule has 0 aromatic heterocycles. The van der Waals surface area contributed by atoms with Crippen molar-refractivity contribution in [2.75, 3.05) is 0 Å². The molecule has 0 heterocycles. The Balaban J connectivity index is -0.0000000694. The van der Waals surface area contributed by atoms with Crippen molar-refractivity contribution in [3.8, 4) is 0 Å². The summed E-state index contributed by atoms with van der Waals surface area (Å²) in [6, 6.07) is 36.9. The van der Waals surface area contributed by atoms with Crippen molar-refractivity contribution in [1.82, 2.24) is 0 Å². The predicted molar refractivity (Wildman–Crippen MR) is 345 cm³/mol. The van der Waals surface area contributed by atoms with Gasteiger partial charge in [0.15, 0.2) is 5.12 Å². The van der Waals surface area contributed by atoms with Gasteiger partial charge in [0.05, 0.1) is 0 Å². The molecular weight excluding hydrogens is 2170 g/mol. The van der Waals surface area contributed by atoms with Crippen LogP contribution in [0.3, 0.4) is 0 Å².